The lowest BCUT2D eigenvalue weighted by Crippen LogP contribution is -2.28. The van der Waals surface area contributed by atoms with Crippen LogP contribution < -0.4 is 5.32 Å². The molecule has 1 aromatic heterocycles. The van der Waals surface area contributed by atoms with Crippen molar-refractivity contribution in [2.45, 2.75) is 32.2 Å². The third kappa shape index (κ3) is 2.52. The van der Waals surface area contributed by atoms with Crippen molar-refractivity contribution in [3.8, 4) is 0 Å². The number of aromatic nitrogens is 2. The first-order chi connectivity index (χ1) is 8.74. The quantitative estimate of drug-likeness (QED) is 0.889. The van der Waals surface area contributed by atoms with Crippen LogP contribution in [0.2, 0.25) is 0 Å². The average Bonchev–Trinajstić information content (AvgIpc) is 3.04. The van der Waals surface area contributed by atoms with E-state index < -0.39 is 0 Å². The van der Waals surface area contributed by atoms with E-state index in [-0.39, 0.29) is 0 Å². The molecule has 3 rings (SSSR count). The lowest BCUT2D eigenvalue weighted by atomic mass is 9.88. The van der Waals surface area contributed by atoms with Gasteiger partial charge >= 0.3 is 0 Å². The number of nitrogens with zero attached hydrogens (tertiary/aromatic N) is 3. The topological polar surface area (TPSA) is 41.1 Å². The van der Waals surface area contributed by atoms with E-state index in [0.29, 0.717) is 0 Å². The van der Waals surface area contributed by atoms with E-state index in [0.717, 1.165) is 34.4 Å². The summed E-state index contributed by atoms with van der Waals surface area (Å²) in [4.78, 5) is 2.42. The molecule has 2 fully saturated rings. The molecule has 0 aliphatic heterocycles. The summed E-state index contributed by atoms with van der Waals surface area (Å²) in [5, 5.41) is 13.4. The third-order valence-electron chi connectivity index (χ3n) is 4.52. The van der Waals surface area contributed by atoms with Gasteiger partial charge in [-0.05, 0) is 44.1 Å². The Labute approximate surface area is 113 Å². The Bertz CT molecular complexity index is 405. The van der Waals surface area contributed by atoms with Crippen LogP contribution in [-0.2, 0) is 6.54 Å². The molecule has 5 heteroatoms. The van der Waals surface area contributed by atoms with Gasteiger partial charge in [-0.1, -0.05) is 17.8 Å². The molecule has 0 spiro atoms. The van der Waals surface area contributed by atoms with E-state index in [2.05, 4.69) is 27.5 Å². The fourth-order valence-electron chi connectivity index (χ4n) is 3.71. The zero-order valence-electron chi connectivity index (χ0n) is 11.2. The number of hydrogen-bond donors (Lipinski definition) is 1. The number of nitrogens with one attached hydrogen (secondary N) is 1. The minimum absolute atomic E-state index is 0.915. The molecule has 2 aliphatic carbocycles. The predicted octanol–water partition coefficient (Wildman–Crippen LogP) is 2.45. The summed E-state index contributed by atoms with van der Waals surface area (Å²) >= 11 is 1.66. The Morgan fingerprint density at radius 2 is 2.22 bits per heavy atom. The highest BCUT2D eigenvalue weighted by molar-refractivity contribution is 7.15. The Balaban J connectivity index is 1.51. The maximum atomic E-state index is 4.21. The Hall–Kier alpha value is -0.680. The molecule has 1 aromatic rings. The van der Waals surface area contributed by atoms with Gasteiger partial charge in [0.25, 0.3) is 0 Å². The molecular formula is C13H22N4S. The van der Waals surface area contributed by atoms with Crippen molar-refractivity contribution in [2.24, 2.45) is 17.8 Å². The third-order valence-corrected chi connectivity index (χ3v) is 5.44. The molecule has 0 aromatic carbocycles. The van der Waals surface area contributed by atoms with Gasteiger partial charge in [0.1, 0.15) is 5.01 Å². The first-order valence-corrected chi connectivity index (χ1v) is 7.75. The summed E-state index contributed by atoms with van der Waals surface area (Å²) in [6.45, 7) is 2.17. The van der Waals surface area contributed by atoms with E-state index in [1.54, 1.807) is 11.3 Å². The smallest absolute Gasteiger partial charge is 0.205 e. The van der Waals surface area contributed by atoms with Crippen LogP contribution in [0.5, 0.6) is 0 Å². The van der Waals surface area contributed by atoms with Crippen molar-refractivity contribution >= 4 is 16.5 Å². The van der Waals surface area contributed by atoms with Crippen molar-refractivity contribution < 1.29 is 0 Å². The largest absolute Gasteiger partial charge is 0.363 e. The van der Waals surface area contributed by atoms with Crippen LogP contribution in [0.4, 0.5) is 5.13 Å². The first-order valence-electron chi connectivity index (χ1n) is 6.93. The van der Waals surface area contributed by atoms with Crippen molar-refractivity contribution in [1.29, 1.82) is 0 Å². The predicted molar refractivity (Wildman–Crippen MR) is 74.7 cm³/mol. The number of anilines is 1. The highest BCUT2D eigenvalue weighted by Gasteiger charge is 2.39. The lowest BCUT2D eigenvalue weighted by Gasteiger charge is -2.26. The molecule has 100 valence electrons. The number of rotatable bonds is 5. The van der Waals surface area contributed by atoms with Crippen LogP contribution >= 0.6 is 11.3 Å². The molecule has 1 heterocycles. The van der Waals surface area contributed by atoms with E-state index in [1.165, 1.54) is 32.2 Å². The van der Waals surface area contributed by atoms with Crippen molar-refractivity contribution in [3.05, 3.63) is 5.01 Å². The molecule has 2 saturated carbocycles. The van der Waals surface area contributed by atoms with E-state index in [1.807, 2.05) is 7.05 Å². The highest BCUT2D eigenvalue weighted by atomic mass is 32.1. The van der Waals surface area contributed by atoms with Gasteiger partial charge in [0, 0.05) is 13.6 Å². The lowest BCUT2D eigenvalue weighted by molar-refractivity contribution is 0.214. The van der Waals surface area contributed by atoms with Crippen molar-refractivity contribution in [2.75, 3.05) is 26.0 Å². The summed E-state index contributed by atoms with van der Waals surface area (Å²) in [6.07, 6.45) is 5.94. The van der Waals surface area contributed by atoms with Crippen molar-refractivity contribution in [3.63, 3.8) is 0 Å². The normalized spacial score (nSPS) is 30.3. The minimum Gasteiger partial charge on any atom is -0.363 e. The number of hydrogen-bond acceptors (Lipinski definition) is 5. The molecular weight excluding hydrogens is 244 g/mol. The molecule has 0 radical (unpaired) electrons. The van der Waals surface area contributed by atoms with Crippen LogP contribution in [0.3, 0.4) is 0 Å². The molecule has 0 amide bonds. The molecule has 2 bridgehead atoms. The first kappa shape index (κ1) is 12.4. The fraction of sp³-hybridized carbons (Fsp3) is 0.846. The van der Waals surface area contributed by atoms with Gasteiger partial charge in [0.2, 0.25) is 5.13 Å². The summed E-state index contributed by atoms with van der Waals surface area (Å²) in [5.41, 5.74) is 0. The Morgan fingerprint density at radius 3 is 2.83 bits per heavy atom. The average molecular weight is 266 g/mol. The summed E-state index contributed by atoms with van der Waals surface area (Å²) in [6, 6.07) is 0. The van der Waals surface area contributed by atoms with Gasteiger partial charge in [-0.15, -0.1) is 10.2 Å². The number of fused-ring (bicyclic) bond motifs is 2. The zero-order chi connectivity index (χ0) is 12.5. The van der Waals surface area contributed by atoms with Gasteiger partial charge in [-0.2, -0.15) is 0 Å². The maximum Gasteiger partial charge on any atom is 0.205 e. The van der Waals surface area contributed by atoms with Gasteiger partial charge in [0.15, 0.2) is 0 Å². The molecule has 0 saturated heterocycles. The molecule has 3 atom stereocenters. The van der Waals surface area contributed by atoms with Gasteiger partial charge < -0.3 is 5.32 Å². The zero-order valence-corrected chi connectivity index (χ0v) is 12.0. The van der Waals surface area contributed by atoms with Crippen LogP contribution in [0.25, 0.3) is 0 Å². The molecule has 4 nitrogen and oxygen atoms in total. The Morgan fingerprint density at radius 1 is 1.33 bits per heavy atom. The van der Waals surface area contributed by atoms with Gasteiger partial charge in [0.05, 0.1) is 6.54 Å². The second kappa shape index (κ2) is 5.13. The minimum atomic E-state index is 0.915. The van der Waals surface area contributed by atoms with E-state index >= 15 is 0 Å². The van der Waals surface area contributed by atoms with Crippen LogP contribution in [0.15, 0.2) is 0 Å². The summed E-state index contributed by atoms with van der Waals surface area (Å²) in [7, 11) is 4.11. The van der Waals surface area contributed by atoms with Crippen molar-refractivity contribution in [1.82, 2.24) is 15.1 Å². The second-order valence-electron chi connectivity index (χ2n) is 5.88. The van der Waals surface area contributed by atoms with E-state index in [9.17, 15) is 0 Å². The fourth-order valence-corrected chi connectivity index (χ4v) is 4.49. The molecule has 2 aliphatic rings. The highest BCUT2D eigenvalue weighted by Crippen LogP contribution is 2.48. The van der Waals surface area contributed by atoms with Gasteiger partial charge in [-0.25, -0.2) is 0 Å². The van der Waals surface area contributed by atoms with E-state index in [4.69, 9.17) is 0 Å². The molecule has 18 heavy (non-hydrogen) atoms. The monoisotopic (exact) mass is 266 g/mol. The Kier molecular flexibility index (Phi) is 3.52. The SMILES string of the molecule is CNc1nnc(CN(C)CC2CC3CCC2C3)s1. The molecule has 3 unspecified atom stereocenters. The standard InChI is InChI=1S/C13H22N4S/c1-14-13-16-15-12(18-13)8-17(2)7-11-6-9-3-4-10(11)5-9/h9-11H,3-8H2,1-2H3,(H,14,16). The van der Waals surface area contributed by atoms with Crippen LogP contribution in [0.1, 0.15) is 30.7 Å². The van der Waals surface area contributed by atoms with Gasteiger partial charge in [-0.3, -0.25) is 4.90 Å². The molecule has 1 N–H and O–H groups in total. The second-order valence-corrected chi connectivity index (χ2v) is 6.94. The maximum absolute atomic E-state index is 4.21. The van der Waals surface area contributed by atoms with Crippen LogP contribution in [0, 0.1) is 17.8 Å². The summed E-state index contributed by atoms with van der Waals surface area (Å²) < 4.78 is 0. The summed E-state index contributed by atoms with van der Waals surface area (Å²) in [5.74, 6) is 3.00. The van der Waals surface area contributed by atoms with Crippen LogP contribution in [-0.4, -0.2) is 35.7 Å².